The lowest BCUT2D eigenvalue weighted by molar-refractivity contribution is -0.137. The quantitative estimate of drug-likeness (QED) is 0.890. The average molecular weight is 328 g/mol. The van der Waals surface area contributed by atoms with Crippen LogP contribution in [-0.4, -0.2) is 17.9 Å². The van der Waals surface area contributed by atoms with E-state index in [1.54, 1.807) is 0 Å². The number of anilines is 1. The first kappa shape index (κ1) is 17.3. The van der Waals surface area contributed by atoms with E-state index in [4.69, 9.17) is 0 Å². The number of hydrogen-bond donors (Lipinski definition) is 2. The zero-order valence-electron chi connectivity index (χ0n) is 12.7. The number of benzene rings is 1. The second-order valence-electron chi connectivity index (χ2n) is 5.79. The molecule has 1 unspecified atom stereocenters. The van der Waals surface area contributed by atoms with E-state index in [1.165, 1.54) is 19.1 Å². The number of nitrogens with one attached hydrogen (secondary N) is 2. The summed E-state index contributed by atoms with van der Waals surface area (Å²) in [6.45, 7) is 1.34. The Morgan fingerprint density at radius 1 is 1.13 bits per heavy atom. The van der Waals surface area contributed by atoms with Gasteiger partial charge in [0.25, 0.3) is 0 Å². The number of amides is 2. The minimum Gasteiger partial charge on any atom is -0.344 e. The predicted octanol–water partition coefficient (Wildman–Crippen LogP) is 3.34. The molecule has 1 atom stereocenters. The van der Waals surface area contributed by atoms with E-state index in [9.17, 15) is 22.8 Å². The van der Waals surface area contributed by atoms with Gasteiger partial charge in [-0.15, -0.1) is 0 Å². The molecular weight excluding hydrogens is 309 g/mol. The second-order valence-corrected chi connectivity index (χ2v) is 5.79. The molecular formula is C16H19F3N2O2. The molecule has 4 nitrogen and oxygen atoms in total. The Morgan fingerprint density at radius 2 is 1.70 bits per heavy atom. The minimum absolute atomic E-state index is 0.0633. The highest BCUT2D eigenvalue weighted by molar-refractivity contribution is 5.97. The second kappa shape index (κ2) is 7.02. The topological polar surface area (TPSA) is 58.2 Å². The summed E-state index contributed by atoms with van der Waals surface area (Å²) in [5.74, 6) is -0.635. The summed E-state index contributed by atoms with van der Waals surface area (Å²) in [4.78, 5) is 23.7. The fourth-order valence-corrected chi connectivity index (χ4v) is 2.87. The van der Waals surface area contributed by atoms with E-state index in [2.05, 4.69) is 10.6 Å². The van der Waals surface area contributed by atoms with Gasteiger partial charge in [0.1, 0.15) is 6.04 Å². The van der Waals surface area contributed by atoms with Crippen molar-refractivity contribution < 1.29 is 22.8 Å². The van der Waals surface area contributed by atoms with Gasteiger partial charge in [0.15, 0.2) is 0 Å². The molecule has 1 saturated carbocycles. The molecule has 23 heavy (non-hydrogen) atoms. The zero-order valence-corrected chi connectivity index (χ0v) is 12.7. The summed E-state index contributed by atoms with van der Waals surface area (Å²) >= 11 is 0. The van der Waals surface area contributed by atoms with Crippen LogP contribution in [0.5, 0.6) is 0 Å². The standard InChI is InChI=1S/C16H19F3N2O2/c1-10(22)20-14(11-4-2-3-5-11)15(23)21-13-8-6-12(7-9-13)16(17,18)19/h6-9,11,14H,2-5H2,1H3,(H,20,22)(H,21,23). The highest BCUT2D eigenvalue weighted by atomic mass is 19.4. The third kappa shape index (κ3) is 4.71. The van der Waals surface area contributed by atoms with Crippen molar-refractivity contribution in [3.8, 4) is 0 Å². The number of halogens is 3. The monoisotopic (exact) mass is 328 g/mol. The van der Waals surface area contributed by atoms with Gasteiger partial charge in [-0.3, -0.25) is 9.59 Å². The molecule has 1 aliphatic carbocycles. The van der Waals surface area contributed by atoms with Gasteiger partial charge in [-0.05, 0) is 43.0 Å². The van der Waals surface area contributed by atoms with Gasteiger partial charge < -0.3 is 10.6 Å². The fraction of sp³-hybridized carbons (Fsp3) is 0.500. The van der Waals surface area contributed by atoms with E-state index in [-0.39, 0.29) is 17.5 Å². The van der Waals surface area contributed by atoms with E-state index in [0.717, 1.165) is 37.8 Å². The first-order valence-corrected chi connectivity index (χ1v) is 7.52. The molecule has 1 aliphatic rings. The van der Waals surface area contributed by atoms with Crippen LogP contribution in [0.3, 0.4) is 0 Å². The summed E-state index contributed by atoms with van der Waals surface area (Å²) in [5, 5.41) is 5.23. The molecule has 0 saturated heterocycles. The molecule has 1 fully saturated rings. The Morgan fingerprint density at radius 3 is 2.17 bits per heavy atom. The summed E-state index contributed by atoms with van der Waals surface area (Å²) < 4.78 is 37.6. The van der Waals surface area contributed by atoms with E-state index in [1.807, 2.05) is 0 Å². The van der Waals surface area contributed by atoms with Gasteiger partial charge in [-0.1, -0.05) is 12.8 Å². The van der Waals surface area contributed by atoms with Crippen LogP contribution in [0, 0.1) is 5.92 Å². The van der Waals surface area contributed by atoms with Crippen LogP contribution < -0.4 is 10.6 Å². The smallest absolute Gasteiger partial charge is 0.344 e. The Hall–Kier alpha value is -2.05. The summed E-state index contributed by atoms with van der Waals surface area (Å²) in [6.07, 6.45) is -0.690. The number of rotatable bonds is 4. The molecule has 0 aromatic heterocycles. The van der Waals surface area contributed by atoms with Crippen LogP contribution in [-0.2, 0) is 15.8 Å². The van der Waals surface area contributed by atoms with E-state index >= 15 is 0 Å². The van der Waals surface area contributed by atoms with E-state index < -0.39 is 23.7 Å². The number of carbonyl (C=O) groups is 2. The molecule has 0 bridgehead atoms. The number of carbonyl (C=O) groups excluding carboxylic acids is 2. The zero-order chi connectivity index (χ0) is 17.0. The van der Waals surface area contributed by atoms with Crippen molar-refractivity contribution in [3.63, 3.8) is 0 Å². The lowest BCUT2D eigenvalue weighted by Crippen LogP contribution is -2.47. The maximum Gasteiger partial charge on any atom is 0.416 e. The molecule has 0 radical (unpaired) electrons. The van der Waals surface area contributed by atoms with Crippen molar-refractivity contribution in [3.05, 3.63) is 29.8 Å². The molecule has 7 heteroatoms. The summed E-state index contributed by atoms with van der Waals surface area (Å²) in [5.41, 5.74) is -0.499. The van der Waals surface area contributed by atoms with Crippen molar-refractivity contribution in [2.75, 3.05) is 5.32 Å². The lowest BCUT2D eigenvalue weighted by Gasteiger charge is -2.23. The maximum atomic E-state index is 12.5. The molecule has 2 rings (SSSR count). The average Bonchev–Trinajstić information content (AvgIpc) is 2.98. The normalized spacial score (nSPS) is 16.9. The minimum atomic E-state index is -4.41. The van der Waals surface area contributed by atoms with Crippen LogP contribution in [0.2, 0.25) is 0 Å². The molecule has 0 spiro atoms. The lowest BCUT2D eigenvalue weighted by atomic mass is 9.97. The maximum absolute atomic E-state index is 12.5. The van der Waals surface area contributed by atoms with Crippen molar-refractivity contribution in [1.29, 1.82) is 0 Å². The van der Waals surface area contributed by atoms with Gasteiger partial charge in [0.2, 0.25) is 11.8 Å². The molecule has 126 valence electrons. The van der Waals surface area contributed by atoms with Crippen molar-refractivity contribution in [1.82, 2.24) is 5.32 Å². The largest absolute Gasteiger partial charge is 0.416 e. The predicted molar refractivity (Wildman–Crippen MR) is 79.6 cm³/mol. The van der Waals surface area contributed by atoms with Gasteiger partial charge >= 0.3 is 6.18 Å². The van der Waals surface area contributed by atoms with Crippen LogP contribution in [0.1, 0.15) is 38.2 Å². The molecule has 1 aromatic carbocycles. The third-order valence-electron chi connectivity index (χ3n) is 3.99. The molecule has 2 N–H and O–H groups in total. The van der Waals surface area contributed by atoms with Gasteiger partial charge in [-0.2, -0.15) is 13.2 Å². The number of hydrogen-bond acceptors (Lipinski definition) is 2. The molecule has 0 aliphatic heterocycles. The van der Waals surface area contributed by atoms with Crippen LogP contribution >= 0.6 is 0 Å². The van der Waals surface area contributed by atoms with Crippen LogP contribution in [0.25, 0.3) is 0 Å². The van der Waals surface area contributed by atoms with Crippen molar-refractivity contribution in [2.45, 2.75) is 44.8 Å². The fourth-order valence-electron chi connectivity index (χ4n) is 2.87. The SMILES string of the molecule is CC(=O)NC(C(=O)Nc1ccc(C(F)(F)F)cc1)C1CCCC1. The van der Waals surface area contributed by atoms with Gasteiger partial charge in [0, 0.05) is 12.6 Å². The Bertz CT molecular complexity index is 564. The third-order valence-corrected chi connectivity index (χ3v) is 3.99. The summed E-state index contributed by atoms with van der Waals surface area (Å²) in [6, 6.07) is 3.59. The van der Waals surface area contributed by atoms with Crippen molar-refractivity contribution in [2.24, 2.45) is 5.92 Å². The van der Waals surface area contributed by atoms with E-state index in [0.29, 0.717) is 0 Å². The highest BCUT2D eigenvalue weighted by Crippen LogP contribution is 2.31. The molecule has 2 amide bonds. The summed E-state index contributed by atoms with van der Waals surface area (Å²) in [7, 11) is 0. The Kier molecular flexibility index (Phi) is 5.28. The first-order valence-electron chi connectivity index (χ1n) is 7.52. The highest BCUT2D eigenvalue weighted by Gasteiger charge is 2.32. The Labute approximate surface area is 132 Å². The first-order chi connectivity index (χ1) is 10.8. The molecule has 0 heterocycles. The van der Waals surface area contributed by atoms with Gasteiger partial charge in [-0.25, -0.2) is 0 Å². The van der Waals surface area contributed by atoms with Gasteiger partial charge in [0.05, 0.1) is 5.56 Å². The van der Waals surface area contributed by atoms with Crippen LogP contribution in [0.15, 0.2) is 24.3 Å². The molecule has 1 aromatic rings. The van der Waals surface area contributed by atoms with Crippen molar-refractivity contribution >= 4 is 17.5 Å². The number of alkyl halides is 3. The Balaban J connectivity index is 2.06. The van der Waals surface area contributed by atoms with Crippen LogP contribution in [0.4, 0.5) is 18.9 Å².